The SMILES string of the molecule is COc1cc2c(cc1O)N=C[C@@H]1CC(F)(F)CN1C2=O. The number of carbonyl (C=O) groups excluding carboxylic acids is 1. The van der Waals surface area contributed by atoms with Gasteiger partial charge in [-0.2, -0.15) is 0 Å². The molecule has 0 radical (unpaired) electrons. The number of hydrogen-bond donors (Lipinski definition) is 1. The first-order valence-corrected chi connectivity index (χ1v) is 6.05. The van der Waals surface area contributed by atoms with Crippen LogP contribution >= 0.6 is 0 Å². The van der Waals surface area contributed by atoms with Crippen molar-refractivity contribution in [3.05, 3.63) is 17.7 Å². The van der Waals surface area contributed by atoms with Crippen molar-refractivity contribution in [2.45, 2.75) is 18.4 Å². The zero-order valence-electron chi connectivity index (χ0n) is 10.6. The van der Waals surface area contributed by atoms with Crippen LogP contribution in [0.1, 0.15) is 16.8 Å². The van der Waals surface area contributed by atoms with Gasteiger partial charge < -0.3 is 14.7 Å². The van der Waals surface area contributed by atoms with Crippen LogP contribution in [0.2, 0.25) is 0 Å². The van der Waals surface area contributed by atoms with E-state index in [1.54, 1.807) is 0 Å². The van der Waals surface area contributed by atoms with E-state index in [4.69, 9.17) is 4.74 Å². The van der Waals surface area contributed by atoms with E-state index in [2.05, 4.69) is 4.99 Å². The number of ether oxygens (including phenoxy) is 1. The lowest BCUT2D eigenvalue weighted by Gasteiger charge is -2.19. The molecule has 106 valence electrons. The lowest BCUT2D eigenvalue weighted by molar-refractivity contribution is 0.0119. The third-order valence-electron chi connectivity index (χ3n) is 3.48. The van der Waals surface area contributed by atoms with Gasteiger partial charge in [-0.3, -0.25) is 9.79 Å². The topological polar surface area (TPSA) is 62.1 Å². The second kappa shape index (κ2) is 4.16. The number of rotatable bonds is 1. The number of amides is 1. The van der Waals surface area contributed by atoms with Crippen LogP contribution in [0.25, 0.3) is 0 Å². The maximum atomic E-state index is 13.4. The van der Waals surface area contributed by atoms with Crippen LogP contribution < -0.4 is 4.74 Å². The van der Waals surface area contributed by atoms with Crippen LogP contribution in [0, 0.1) is 0 Å². The van der Waals surface area contributed by atoms with Gasteiger partial charge in [0, 0.05) is 18.7 Å². The Labute approximate surface area is 113 Å². The molecule has 1 aromatic carbocycles. The van der Waals surface area contributed by atoms with Gasteiger partial charge in [-0.05, 0) is 6.07 Å². The van der Waals surface area contributed by atoms with Crippen molar-refractivity contribution in [2.75, 3.05) is 13.7 Å². The summed E-state index contributed by atoms with van der Waals surface area (Å²) in [7, 11) is 1.35. The maximum Gasteiger partial charge on any atom is 0.267 e. The number of alkyl halides is 2. The Morgan fingerprint density at radius 1 is 1.50 bits per heavy atom. The number of aliphatic imine (C=N–C) groups is 1. The normalized spacial score (nSPS) is 23.2. The summed E-state index contributed by atoms with van der Waals surface area (Å²) in [6.07, 6.45) is 0.899. The molecule has 1 N–H and O–H groups in total. The van der Waals surface area contributed by atoms with Gasteiger partial charge >= 0.3 is 0 Å². The van der Waals surface area contributed by atoms with Gasteiger partial charge in [0.05, 0.1) is 30.9 Å². The van der Waals surface area contributed by atoms with Crippen LogP contribution in [-0.4, -0.2) is 47.7 Å². The van der Waals surface area contributed by atoms with Crippen molar-refractivity contribution in [2.24, 2.45) is 4.99 Å². The molecule has 0 unspecified atom stereocenters. The van der Waals surface area contributed by atoms with Crippen LogP contribution in [0.5, 0.6) is 11.5 Å². The first-order valence-electron chi connectivity index (χ1n) is 6.05. The third kappa shape index (κ3) is 1.90. The van der Waals surface area contributed by atoms with E-state index in [-0.39, 0.29) is 22.7 Å². The highest BCUT2D eigenvalue weighted by Crippen LogP contribution is 2.39. The molecule has 3 rings (SSSR count). The molecular formula is C13H12F2N2O3. The predicted molar refractivity (Wildman–Crippen MR) is 67.2 cm³/mol. The second-order valence-electron chi connectivity index (χ2n) is 4.88. The Bertz CT molecular complexity index is 616. The summed E-state index contributed by atoms with van der Waals surface area (Å²) in [5, 5.41) is 9.69. The quantitative estimate of drug-likeness (QED) is 0.856. The number of methoxy groups -OCH3 is 1. The average molecular weight is 282 g/mol. The summed E-state index contributed by atoms with van der Waals surface area (Å²) in [5.41, 5.74) is 0.405. The average Bonchev–Trinajstić information content (AvgIpc) is 2.65. The van der Waals surface area contributed by atoms with Crippen LogP contribution in [0.4, 0.5) is 14.5 Å². The van der Waals surface area contributed by atoms with E-state index < -0.39 is 30.8 Å². The molecule has 7 heteroatoms. The molecular weight excluding hydrogens is 270 g/mol. The number of aromatic hydroxyl groups is 1. The highest BCUT2D eigenvalue weighted by Gasteiger charge is 2.47. The number of benzene rings is 1. The summed E-state index contributed by atoms with van der Waals surface area (Å²) < 4.78 is 31.8. The van der Waals surface area contributed by atoms with Gasteiger partial charge in [0.2, 0.25) is 0 Å². The fraction of sp³-hybridized carbons (Fsp3) is 0.385. The molecule has 20 heavy (non-hydrogen) atoms. The molecule has 5 nitrogen and oxygen atoms in total. The number of fused-ring (bicyclic) bond motifs is 2. The minimum atomic E-state index is -2.90. The summed E-state index contributed by atoms with van der Waals surface area (Å²) in [4.78, 5) is 17.5. The molecule has 0 spiro atoms. The van der Waals surface area contributed by atoms with E-state index >= 15 is 0 Å². The molecule has 1 aromatic rings. The molecule has 0 aliphatic carbocycles. The first kappa shape index (κ1) is 12.8. The van der Waals surface area contributed by atoms with Crippen molar-refractivity contribution < 1.29 is 23.4 Å². The molecule has 0 bridgehead atoms. The zero-order chi connectivity index (χ0) is 14.5. The fourth-order valence-electron chi connectivity index (χ4n) is 2.52. The largest absolute Gasteiger partial charge is 0.504 e. The monoisotopic (exact) mass is 282 g/mol. The molecule has 0 saturated carbocycles. The molecule has 2 aliphatic rings. The highest BCUT2D eigenvalue weighted by atomic mass is 19.3. The standard InChI is InChI=1S/C13H12F2N2O3/c1-20-11-2-8-9(3-10(11)18)16-5-7-4-13(14,15)6-17(7)12(8)19/h2-3,5,7,18H,4,6H2,1H3/t7-/m0/s1. The fourth-order valence-corrected chi connectivity index (χ4v) is 2.52. The van der Waals surface area contributed by atoms with Crippen LogP contribution in [-0.2, 0) is 0 Å². The van der Waals surface area contributed by atoms with Crippen molar-refractivity contribution in [3.8, 4) is 11.5 Å². The van der Waals surface area contributed by atoms with Crippen molar-refractivity contribution in [1.82, 2.24) is 4.90 Å². The minimum Gasteiger partial charge on any atom is -0.504 e. The van der Waals surface area contributed by atoms with Crippen molar-refractivity contribution in [3.63, 3.8) is 0 Å². The van der Waals surface area contributed by atoms with E-state index in [9.17, 15) is 18.7 Å². The van der Waals surface area contributed by atoms with Crippen LogP contribution in [0.15, 0.2) is 17.1 Å². The van der Waals surface area contributed by atoms with E-state index in [1.807, 2.05) is 0 Å². The number of nitrogens with zero attached hydrogens (tertiary/aromatic N) is 2. The number of hydrogen-bond acceptors (Lipinski definition) is 4. The first-order chi connectivity index (χ1) is 9.41. The maximum absolute atomic E-state index is 13.4. The van der Waals surface area contributed by atoms with Crippen molar-refractivity contribution in [1.29, 1.82) is 0 Å². The molecule has 0 aromatic heterocycles. The van der Waals surface area contributed by atoms with Gasteiger partial charge in [0.1, 0.15) is 0 Å². The van der Waals surface area contributed by atoms with Gasteiger partial charge in [0.15, 0.2) is 11.5 Å². The second-order valence-corrected chi connectivity index (χ2v) is 4.88. The molecule has 1 atom stereocenters. The number of carbonyl (C=O) groups is 1. The lowest BCUT2D eigenvalue weighted by Crippen LogP contribution is -2.36. The Kier molecular flexibility index (Phi) is 2.67. The zero-order valence-corrected chi connectivity index (χ0v) is 10.6. The molecule has 1 saturated heterocycles. The van der Waals surface area contributed by atoms with Crippen LogP contribution in [0.3, 0.4) is 0 Å². The Hall–Kier alpha value is -2.18. The Morgan fingerprint density at radius 3 is 2.95 bits per heavy atom. The summed E-state index contributed by atoms with van der Waals surface area (Å²) in [6, 6.07) is 1.89. The smallest absolute Gasteiger partial charge is 0.267 e. The summed E-state index contributed by atoms with van der Waals surface area (Å²) in [6.45, 7) is -0.620. The van der Waals surface area contributed by atoms with E-state index in [1.165, 1.54) is 25.5 Å². The van der Waals surface area contributed by atoms with E-state index in [0.29, 0.717) is 0 Å². The predicted octanol–water partition coefficient (Wildman–Crippen LogP) is 1.97. The third-order valence-corrected chi connectivity index (χ3v) is 3.48. The molecule has 2 heterocycles. The van der Waals surface area contributed by atoms with Gasteiger partial charge in [-0.1, -0.05) is 0 Å². The van der Waals surface area contributed by atoms with Gasteiger partial charge in [0.25, 0.3) is 11.8 Å². The summed E-state index contributed by atoms with van der Waals surface area (Å²) in [5.74, 6) is -3.47. The van der Waals surface area contributed by atoms with Crippen molar-refractivity contribution >= 4 is 17.8 Å². The van der Waals surface area contributed by atoms with Gasteiger partial charge in [-0.15, -0.1) is 0 Å². The molecule has 2 aliphatic heterocycles. The minimum absolute atomic E-state index is 0.108. The lowest BCUT2D eigenvalue weighted by atomic mass is 10.1. The number of halogens is 2. The highest BCUT2D eigenvalue weighted by molar-refractivity contribution is 6.03. The number of phenols is 1. The summed E-state index contributed by atoms with van der Waals surface area (Å²) >= 11 is 0. The molecule has 1 fully saturated rings. The number of phenolic OH excluding ortho intramolecular Hbond substituents is 1. The van der Waals surface area contributed by atoms with Gasteiger partial charge in [-0.25, -0.2) is 8.78 Å². The Morgan fingerprint density at radius 2 is 2.25 bits per heavy atom. The Balaban J connectivity index is 2.08. The molecule has 1 amide bonds. The van der Waals surface area contributed by atoms with E-state index in [0.717, 1.165) is 4.90 Å².